The number of aromatic nitrogens is 1. The zero-order valence-corrected chi connectivity index (χ0v) is 12.1. The van der Waals surface area contributed by atoms with Gasteiger partial charge in [-0.1, -0.05) is 37.8 Å². The summed E-state index contributed by atoms with van der Waals surface area (Å²) in [5.41, 5.74) is 0. The summed E-state index contributed by atoms with van der Waals surface area (Å²) >= 11 is 5.81. The van der Waals surface area contributed by atoms with E-state index < -0.39 is 5.97 Å². The molecule has 0 saturated carbocycles. The topological polar surface area (TPSA) is 53.4 Å². The van der Waals surface area contributed by atoms with Crippen LogP contribution in [0, 0.1) is 0 Å². The van der Waals surface area contributed by atoms with E-state index in [0.29, 0.717) is 11.6 Å². The van der Waals surface area contributed by atoms with Crippen LogP contribution in [0.3, 0.4) is 0 Å². The Hall–Kier alpha value is -1.29. The van der Waals surface area contributed by atoms with E-state index in [1.165, 1.54) is 12.8 Å². The van der Waals surface area contributed by atoms with Crippen molar-refractivity contribution in [1.29, 1.82) is 0 Å². The number of halogens is 1. The predicted molar refractivity (Wildman–Crippen MR) is 77.9 cm³/mol. The van der Waals surface area contributed by atoms with Crippen molar-refractivity contribution in [1.82, 2.24) is 4.98 Å². The number of nitrogens with zero attached hydrogens (tertiary/aromatic N) is 2. The predicted octanol–water partition coefficient (Wildman–Crippen LogP) is 3.60. The summed E-state index contributed by atoms with van der Waals surface area (Å²) in [5.74, 6) is 0.00895. The fourth-order valence-electron chi connectivity index (χ4n) is 1.86. The Morgan fingerprint density at radius 1 is 1.32 bits per heavy atom. The van der Waals surface area contributed by atoms with Crippen LogP contribution in [0.5, 0.6) is 0 Å². The van der Waals surface area contributed by atoms with Crippen LogP contribution in [0.25, 0.3) is 0 Å². The molecular formula is C14H21ClN2O2. The molecule has 0 atom stereocenters. The van der Waals surface area contributed by atoms with Gasteiger partial charge in [-0.2, -0.15) is 0 Å². The van der Waals surface area contributed by atoms with Gasteiger partial charge >= 0.3 is 5.97 Å². The van der Waals surface area contributed by atoms with E-state index in [-0.39, 0.29) is 6.42 Å². The van der Waals surface area contributed by atoms with Crippen LogP contribution in [-0.2, 0) is 4.79 Å². The number of carboxylic acid groups (broad SMARTS) is 1. The van der Waals surface area contributed by atoms with Gasteiger partial charge in [-0.25, -0.2) is 4.98 Å². The molecule has 1 N–H and O–H groups in total. The summed E-state index contributed by atoms with van der Waals surface area (Å²) in [6, 6.07) is 3.62. The maximum atomic E-state index is 10.7. The van der Waals surface area contributed by atoms with E-state index in [1.807, 2.05) is 11.0 Å². The number of carboxylic acids is 1. The molecule has 1 rings (SSSR count). The molecule has 0 aliphatic rings. The summed E-state index contributed by atoms with van der Waals surface area (Å²) in [6.07, 6.45) is 6.33. The number of carbonyl (C=O) groups is 1. The minimum atomic E-state index is -0.785. The second-order valence-electron chi connectivity index (χ2n) is 4.53. The van der Waals surface area contributed by atoms with Gasteiger partial charge in [-0.05, 0) is 18.6 Å². The van der Waals surface area contributed by atoms with Crippen molar-refractivity contribution in [3.05, 3.63) is 23.4 Å². The number of pyridine rings is 1. The summed E-state index contributed by atoms with van der Waals surface area (Å²) in [4.78, 5) is 17.0. The lowest BCUT2D eigenvalue weighted by molar-refractivity contribution is -0.136. The molecule has 0 aliphatic carbocycles. The zero-order chi connectivity index (χ0) is 14.1. The van der Waals surface area contributed by atoms with Crippen LogP contribution >= 0.6 is 11.6 Å². The molecule has 0 aromatic carbocycles. The Labute approximate surface area is 119 Å². The van der Waals surface area contributed by atoms with Gasteiger partial charge in [-0.15, -0.1) is 0 Å². The highest BCUT2D eigenvalue weighted by molar-refractivity contribution is 6.30. The number of hydrogen-bond donors (Lipinski definition) is 1. The molecule has 106 valence electrons. The Morgan fingerprint density at radius 2 is 2.11 bits per heavy atom. The van der Waals surface area contributed by atoms with Gasteiger partial charge < -0.3 is 10.0 Å². The van der Waals surface area contributed by atoms with Crippen LogP contribution < -0.4 is 4.90 Å². The third-order valence-corrected chi connectivity index (χ3v) is 3.14. The van der Waals surface area contributed by atoms with Crippen LogP contribution in [0.2, 0.25) is 5.02 Å². The van der Waals surface area contributed by atoms with Crippen LogP contribution in [0.15, 0.2) is 18.3 Å². The number of anilines is 1. The van der Waals surface area contributed by atoms with Crippen molar-refractivity contribution in [3.63, 3.8) is 0 Å². The maximum Gasteiger partial charge on any atom is 0.305 e. The molecule has 4 nitrogen and oxygen atoms in total. The molecule has 1 aromatic rings. The Morgan fingerprint density at radius 3 is 2.68 bits per heavy atom. The van der Waals surface area contributed by atoms with Gasteiger partial charge in [0, 0.05) is 19.3 Å². The molecule has 1 heterocycles. The van der Waals surface area contributed by atoms with E-state index in [1.54, 1.807) is 12.3 Å². The van der Waals surface area contributed by atoms with Crippen LogP contribution in [0.4, 0.5) is 5.82 Å². The molecule has 0 fully saturated rings. The van der Waals surface area contributed by atoms with E-state index in [4.69, 9.17) is 16.7 Å². The molecule has 0 amide bonds. The lowest BCUT2D eigenvalue weighted by Crippen LogP contribution is -2.28. The highest BCUT2D eigenvalue weighted by Gasteiger charge is 2.09. The lowest BCUT2D eigenvalue weighted by atomic mass is 10.2. The first-order valence-electron chi connectivity index (χ1n) is 6.71. The molecule has 0 bridgehead atoms. The molecule has 1 aromatic heterocycles. The third kappa shape index (κ3) is 6.43. The molecule has 0 radical (unpaired) electrons. The van der Waals surface area contributed by atoms with Crippen molar-refractivity contribution in [2.24, 2.45) is 0 Å². The quantitative estimate of drug-likeness (QED) is 0.704. The smallest absolute Gasteiger partial charge is 0.305 e. The highest BCUT2D eigenvalue weighted by atomic mass is 35.5. The Kier molecular flexibility index (Phi) is 7.26. The fourth-order valence-corrected chi connectivity index (χ4v) is 1.97. The molecule has 5 heteroatoms. The van der Waals surface area contributed by atoms with Crippen molar-refractivity contribution in [2.75, 3.05) is 18.0 Å². The highest BCUT2D eigenvalue weighted by Crippen LogP contribution is 2.15. The van der Waals surface area contributed by atoms with Gasteiger partial charge in [0.05, 0.1) is 11.4 Å². The van der Waals surface area contributed by atoms with E-state index in [2.05, 4.69) is 11.9 Å². The average Bonchev–Trinajstić information content (AvgIpc) is 2.39. The normalized spacial score (nSPS) is 10.4. The molecule has 0 unspecified atom stereocenters. The summed E-state index contributed by atoms with van der Waals surface area (Å²) in [6.45, 7) is 3.49. The average molecular weight is 285 g/mol. The Balaban J connectivity index is 2.57. The monoisotopic (exact) mass is 284 g/mol. The van der Waals surface area contributed by atoms with E-state index in [0.717, 1.165) is 25.2 Å². The van der Waals surface area contributed by atoms with Gasteiger partial charge in [0.15, 0.2) is 0 Å². The van der Waals surface area contributed by atoms with Crippen molar-refractivity contribution < 1.29 is 9.90 Å². The molecule has 19 heavy (non-hydrogen) atoms. The van der Waals surface area contributed by atoms with Crippen LogP contribution in [0.1, 0.15) is 39.0 Å². The standard InChI is InChI=1S/C14H21ClN2O2/c1-2-3-4-5-9-17(10-8-14(18)19)13-7-6-12(15)11-16-13/h6-7,11H,2-5,8-10H2,1H3,(H,18,19). The van der Waals surface area contributed by atoms with Crippen molar-refractivity contribution >= 4 is 23.4 Å². The zero-order valence-electron chi connectivity index (χ0n) is 11.3. The first-order chi connectivity index (χ1) is 9.13. The summed E-state index contributed by atoms with van der Waals surface area (Å²) in [7, 11) is 0. The minimum Gasteiger partial charge on any atom is -0.481 e. The summed E-state index contributed by atoms with van der Waals surface area (Å²) < 4.78 is 0. The molecule has 0 spiro atoms. The Bertz CT molecular complexity index is 382. The molecule has 0 saturated heterocycles. The van der Waals surface area contributed by atoms with Crippen LogP contribution in [-0.4, -0.2) is 29.1 Å². The second kappa shape index (κ2) is 8.75. The lowest BCUT2D eigenvalue weighted by Gasteiger charge is -2.23. The first kappa shape index (κ1) is 15.8. The fraction of sp³-hybridized carbons (Fsp3) is 0.571. The minimum absolute atomic E-state index is 0.123. The number of aliphatic carboxylic acids is 1. The van der Waals surface area contributed by atoms with Gasteiger partial charge in [0.25, 0.3) is 0 Å². The van der Waals surface area contributed by atoms with E-state index in [9.17, 15) is 4.79 Å². The third-order valence-electron chi connectivity index (χ3n) is 2.91. The van der Waals surface area contributed by atoms with E-state index >= 15 is 0 Å². The number of unbranched alkanes of at least 4 members (excludes halogenated alkanes) is 3. The largest absolute Gasteiger partial charge is 0.481 e. The van der Waals surface area contributed by atoms with Gasteiger partial charge in [0.1, 0.15) is 5.82 Å². The summed E-state index contributed by atoms with van der Waals surface area (Å²) in [5, 5.41) is 9.39. The van der Waals surface area contributed by atoms with Crippen molar-refractivity contribution in [2.45, 2.75) is 39.0 Å². The first-order valence-corrected chi connectivity index (χ1v) is 7.09. The maximum absolute atomic E-state index is 10.7. The van der Waals surface area contributed by atoms with Crippen molar-refractivity contribution in [3.8, 4) is 0 Å². The number of hydrogen-bond acceptors (Lipinski definition) is 3. The number of rotatable bonds is 9. The SMILES string of the molecule is CCCCCCN(CCC(=O)O)c1ccc(Cl)cn1. The van der Waals surface area contributed by atoms with Gasteiger partial charge in [-0.3, -0.25) is 4.79 Å². The molecular weight excluding hydrogens is 264 g/mol. The molecule has 0 aliphatic heterocycles. The van der Waals surface area contributed by atoms with Gasteiger partial charge in [0.2, 0.25) is 0 Å². The second-order valence-corrected chi connectivity index (χ2v) is 4.96.